The summed E-state index contributed by atoms with van der Waals surface area (Å²) in [5.74, 6) is 3.35. The van der Waals surface area contributed by atoms with Gasteiger partial charge in [0, 0.05) is 11.3 Å². The van der Waals surface area contributed by atoms with E-state index >= 15 is 0 Å². The van der Waals surface area contributed by atoms with Gasteiger partial charge in [0.1, 0.15) is 5.82 Å². The van der Waals surface area contributed by atoms with E-state index in [0.717, 1.165) is 22.8 Å². The summed E-state index contributed by atoms with van der Waals surface area (Å²) in [6.07, 6.45) is 5.35. The standard InChI is InChI=1S/C14H13N3/c1-3-11-5-4-6-12(9-11)17-14-8-7-13(15)10(2)16-14/h1,4-9H,15H2,2H3,(H,16,17). The summed E-state index contributed by atoms with van der Waals surface area (Å²) in [5, 5.41) is 3.18. The number of hydrogen-bond acceptors (Lipinski definition) is 3. The molecule has 0 saturated carbocycles. The molecule has 1 aromatic carbocycles. The van der Waals surface area contributed by atoms with E-state index in [1.165, 1.54) is 0 Å². The predicted octanol–water partition coefficient (Wildman–Crippen LogP) is 2.70. The molecule has 0 aliphatic carbocycles. The van der Waals surface area contributed by atoms with Gasteiger partial charge in [0.05, 0.1) is 11.4 Å². The zero-order chi connectivity index (χ0) is 12.3. The van der Waals surface area contributed by atoms with E-state index in [-0.39, 0.29) is 0 Å². The summed E-state index contributed by atoms with van der Waals surface area (Å²) in [6, 6.07) is 11.3. The summed E-state index contributed by atoms with van der Waals surface area (Å²) >= 11 is 0. The van der Waals surface area contributed by atoms with Gasteiger partial charge in [-0.15, -0.1) is 6.42 Å². The van der Waals surface area contributed by atoms with Crippen LogP contribution in [0.15, 0.2) is 36.4 Å². The van der Waals surface area contributed by atoms with E-state index < -0.39 is 0 Å². The van der Waals surface area contributed by atoms with Gasteiger partial charge in [-0.3, -0.25) is 0 Å². The second kappa shape index (κ2) is 4.58. The maximum atomic E-state index is 5.71. The lowest BCUT2D eigenvalue weighted by molar-refractivity contribution is 1.20. The van der Waals surface area contributed by atoms with Crippen molar-refractivity contribution in [2.75, 3.05) is 11.1 Å². The number of nitrogens with zero attached hydrogens (tertiary/aromatic N) is 1. The van der Waals surface area contributed by atoms with Gasteiger partial charge in [-0.05, 0) is 37.3 Å². The second-order valence-corrected chi connectivity index (χ2v) is 3.72. The van der Waals surface area contributed by atoms with Crippen LogP contribution >= 0.6 is 0 Å². The van der Waals surface area contributed by atoms with Crippen molar-refractivity contribution in [3.63, 3.8) is 0 Å². The van der Waals surface area contributed by atoms with Crippen LogP contribution in [0.1, 0.15) is 11.3 Å². The van der Waals surface area contributed by atoms with Gasteiger partial charge in [-0.1, -0.05) is 12.0 Å². The highest BCUT2D eigenvalue weighted by atomic mass is 15.0. The molecule has 3 N–H and O–H groups in total. The summed E-state index contributed by atoms with van der Waals surface area (Å²) < 4.78 is 0. The Balaban J connectivity index is 2.25. The van der Waals surface area contributed by atoms with Gasteiger partial charge in [-0.25, -0.2) is 4.98 Å². The average molecular weight is 223 g/mol. The van der Waals surface area contributed by atoms with Gasteiger partial charge >= 0.3 is 0 Å². The van der Waals surface area contributed by atoms with Crippen molar-refractivity contribution in [1.29, 1.82) is 0 Å². The molecule has 2 rings (SSSR count). The van der Waals surface area contributed by atoms with Crippen molar-refractivity contribution in [3.05, 3.63) is 47.7 Å². The second-order valence-electron chi connectivity index (χ2n) is 3.72. The van der Waals surface area contributed by atoms with Crippen molar-refractivity contribution >= 4 is 17.2 Å². The third-order valence-corrected chi connectivity index (χ3v) is 2.43. The van der Waals surface area contributed by atoms with Crippen LogP contribution in [0.2, 0.25) is 0 Å². The first-order valence-electron chi connectivity index (χ1n) is 5.26. The number of anilines is 3. The smallest absolute Gasteiger partial charge is 0.130 e. The van der Waals surface area contributed by atoms with Crippen LogP contribution < -0.4 is 11.1 Å². The lowest BCUT2D eigenvalue weighted by Crippen LogP contribution is -1.98. The number of aromatic nitrogens is 1. The van der Waals surface area contributed by atoms with E-state index in [1.54, 1.807) is 0 Å². The Morgan fingerprint density at radius 3 is 2.82 bits per heavy atom. The lowest BCUT2D eigenvalue weighted by Gasteiger charge is -2.07. The fourth-order valence-corrected chi connectivity index (χ4v) is 1.48. The number of hydrogen-bond donors (Lipinski definition) is 2. The number of pyridine rings is 1. The van der Waals surface area contributed by atoms with Gasteiger partial charge in [0.2, 0.25) is 0 Å². The minimum Gasteiger partial charge on any atom is -0.397 e. The monoisotopic (exact) mass is 223 g/mol. The van der Waals surface area contributed by atoms with E-state index in [9.17, 15) is 0 Å². The van der Waals surface area contributed by atoms with Crippen LogP contribution in [0, 0.1) is 19.3 Å². The first-order chi connectivity index (χ1) is 8.19. The zero-order valence-electron chi connectivity index (χ0n) is 9.57. The molecule has 1 heterocycles. The Morgan fingerprint density at radius 2 is 2.12 bits per heavy atom. The minimum atomic E-state index is 0.688. The molecule has 0 aliphatic rings. The Morgan fingerprint density at radius 1 is 1.29 bits per heavy atom. The maximum absolute atomic E-state index is 5.71. The van der Waals surface area contributed by atoms with E-state index in [1.807, 2.05) is 43.3 Å². The molecule has 84 valence electrons. The molecule has 17 heavy (non-hydrogen) atoms. The number of nitrogens with one attached hydrogen (secondary N) is 1. The number of nitrogens with two attached hydrogens (primary N) is 1. The highest BCUT2D eigenvalue weighted by molar-refractivity contribution is 5.60. The highest BCUT2D eigenvalue weighted by Crippen LogP contribution is 2.18. The number of rotatable bonds is 2. The fourth-order valence-electron chi connectivity index (χ4n) is 1.48. The summed E-state index contributed by atoms with van der Waals surface area (Å²) in [4.78, 5) is 4.34. The Bertz CT molecular complexity index is 582. The minimum absolute atomic E-state index is 0.688. The topological polar surface area (TPSA) is 50.9 Å². The Hall–Kier alpha value is -2.47. The highest BCUT2D eigenvalue weighted by Gasteiger charge is 1.99. The van der Waals surface area contributed by atoms with Crippen LogP contribution in [-0.2, 0) is 0 Å². The largest absolute Gasteiger partial charge is 0.397 e. The third kappa shape index (κ3) is 2.56. The molecule has 0 unspecified atom stereocenters. The quantitative estimate of drug-likeness (QED) is 0.770. The molecule has 1 aromatic heterocycles. The summed E-state index contributed by atoms with van der Waals surface area (Å²) in [6.45, 7) is 1.87. The van der Waals surface area contributed by atoms with Crippen LogP contribution in [0.25, 0.3) is 0 Å². The third-order valence-electron chi connectivity index (χ3n) is 2.43. The normalized spacial score (nSPS) is 9.65. The molecule has 2 aromatic rings. The average Bonchev–Trinajstić information content (AvgIpc) is 2.34. The SMILES string of the molecule is C#Cc1cccc(Nc2ccc(N)c(C)n2)c1. The Kier molecular flexibility index (Phi) is 2.97. The first-order valence-corrected chi connectivity index (χ1v) is 5.26. The summed E-state index contributed by atoms with van der Waals surface area (Å²) in [7, 11) is 0. The molecule has 3 nitrogen and oxygen atoms in total. The fraction of sp³-hybridized carbons (Fsp3) is 0.0714. The van der Waals surface area contributed by atoms with Crippen molar-refractivity contribution < 1.29 is 0 Å². The van der Waals surface area contributed by atoms with Crippen LogP contribution in [0.5, 0.6) is 0 Å². The van der Waals surface area contributed by atoms with Crippen molar-refractivity contribution in [2.24, 2.45) is 0 Å². The molecular formula is C14H13N3. The van der Waals surface area contributed by atoms with Crippen molar-refractivity contribution in [1.82, 2.24) is 4.98 Å². The van der Waals surface area contributed by atoms with Crippen LogP contribution in [-0.4, -0.2) is 4.98 Å². The molecule has 0 saturated heterocycles. The molecule has 0 radical (unpaired) electrons. The number of nitrogen functional groups attached to an aromatic ring is 1. The van der Waals surface area contributed by atoms with E-state index in [4.69, 9.17) is 12.2 Å². The van der Waals surface area contributed by atoms with Crippen molar-refractivity contribution in [2.45, 2.75) is 6.92 Å². The predicted molar refractivity (Wildman–Crippen MR) is 71.0 cm³/mol. The molecule has 0 atom stereocenters. The Labute approximate surface area is 101 Å². The number of benzene rings is 1. The first kappa shape index (κ1) is 11.0. The van der Waals surface area contributed by atoms with Gasteiger partial charge in [0.15, 0.2) is 0 Å². The van der Waals surface area contributed by atoms with Gasteiger partial charge in [0.25, 0.3) is 0 Å². The molecular weight excluding hydrogens is 210 g/mol. The molecule has 0 spiro atoms. The van der Waals surface area contributed by atoms with Gasteiger partial charge in [-0.2, -0.15) is 0 Å². The van der Waals surface area contributed by atoms with Crippen molar-refractivity contribution in [3.8, 4) is 12.3 Å². The molecule has 0 aliphatic heterocycles. The molecule has 0 amide bonds. The summed E-state index contributed by atoms with van der Waals surface area (Å²) in [5.41, 5.74) is 8.96. The van der Waals surface area contributed by atoms with E-state index in [0.29, 0.717) is 5.69 Å². The number of aryl methyl sites for hydroxylation is 1. The molecule has 3 heteroatoms. The number of terminal acetylenes is 1. The van der Waals surface area contributed by atoms with Crippen LogP contribution in [0.4, 0.5) is 17.2 Å². The lowest BCUT2D eigenvalue weighted by atomic mass is 10.2. The molecule has 0 fully saturated rings. The zero-order valence-corrected chi connectivity index (χ0v) is 9.57. The molecule has 0 bridgehead atoms. The maximum Gasteiger partial charge on any atom is 0.130 e. The van der Waals surface area contributed by atoms with Gasteiger partial charge < -0.3 is 11.1 Å². The van der Waals surface area contributed by atoms with E-state index in [2.05, 4.69) is 16.2 Å². The van der Waals surface area contributed by atoms with Crippen LogP contribution in [0.3, 0.4) is 0 Å².